The Kier molecular flexibility index (Phi) is 10.1. The molecule has 0 unspecified atom stereocenters. The molecule has 19 heavy (non-hydrogen) atoms. The molecule has 0 aliphatic rings. The number of aliphatic carboxylic acids is 1. The fourth-order valence-electron chi connectivity index (χ4n) is 1.60. The van der Waals surface area contributed by atoms with Crippen LogP contribution in [0.5, 0.6) is 0 Å². The first-order chi connectivity index (χ1) is 8.61. The Labute approximate surface area is 129 Å². The third-order valence-electron chi connectivity index (χ3n) is 2.39. The van der Waals surface area contributed by atoms with Crippen LogP contribution in [0.25, 0.3) is 0 Å². The van der Waals surface area contributed by atoms with Gasteiger partial charge in [0.2, 0.25) is 0 Å². The third kappa shape index (κ3) is 8.37. The van der Waals surface area contributed by atoms with Gasteiger partial charge in [0.15, 0.2) is 0 Å². The molecule has 0 atom stereocenters. The van der Waals surface area contributed by atoms with Crippen molar-refractivity contribution in [3.63, 3.8) is 0 Å². The van der Waals surface area contributed by atoms with E-state index < -0.39 is 5.97 Å². The van der Waals surface area contributed by atoms with Crippen molar-refractivity contribution in [1.29, 1.82) is 0 Å². The summed E-state index contributed by atoms with van der Waals surface area (Å²) in [7, 11) is 0. The molecule has 0 aliphatic carbocycles. The van der Waals surface area contributed by atoms with E-state index in [0.717, 1.165) is 35.2 Å². The first-order valence-electron chi connectivity index (χ1n) is 5.94. The zero-order valence-electron chi connectivity index (χ0n) is 10.8. The smallest absolute Gasteiger partial charge is 0.317 e. The van der Waals surface area contributed by atoms with Crippen LogP contribution < -0.4 is 0 Å². The lowest BCUT2D eigenvalue weighted by molar-refractivity contribution is -0.138. The fraction of sp³-hybridized carbons (Fsp3) is 0.462. The van der Waals surface area contributed by atoms with Crippen LogP contribution in [0.15, 0.2) is 29.2 Å². The molecule has 0 spiro atoms. The average molecular weight is 324 g/mol. The van der Waals surface area contributed by atoms with E-state index in [4.69, 9.17) is 16.7 Å². The Morgan fingerprint density at radius 1 is 1.32 bits per heavy atom. The SMILES string of the molecule is CCCN(CCSc1ccc(Cl)cc1)CC(=O)O.Cl. The van der Waals surface area contributed by atoms with Crippen molar-refractivity contribution >= 4 is 41.7 Å². The number of hydrogen-bond acceptors (Lipinski definition) is 3. The molecule has 0 bridgehead atoms. The molecule has 0 saturated heterocycles. The van der Waals surface area contributed by atoms with Crippen LogP contribution in [0, 0.1) is 0 Å². The van der Waals surface area contributed by atoms with Crippen LogP contribution in [-0.2, 0) is 4.79 Å². The van der Waals surface area contributed by atoms with Crippen LogP contribution in [0.1, 0.15) is 13.3 Å². The summed E-state index contributed by atoms with van der Waals surface area (Å²) in [4.78, 5) is 13.8. The summed E-state index contributed by atoms with van der Waals surface area (Å²) < 4.78 is 0. The third-order valence-corrected chi connectivity index (χ3v) is 3.63. The minimum atomic E-state index is -0.764. The minimum Gasteiger partial charge on any atom is -0.480 e. The van der Waals surface area contributed by atoms with Crippen LogP contribution in [0.2, 0.25) is 5.02 Å². The molecule has 108 valence electrons. The Morgan fingerprint density at radius 2 is 1.95 bits per heavy atom. The number of thioether (sulfide) groups is 1. The fourth-order valence-corrected chi connectivity index (χ4v) is 2.64. The second-order valence-corrected chi connectivity index (χ2v) is 5.58. The van der Waals surface area contributed by atoms with Gasteiger partial charge >= 0.3 is 5.97 Å². The monoisotopic (exact) mass is 323 g/mol. The molecule has 0 saturated carbocycles. The topological polar surface area (TPSA) is 40.5 Å². The summed E-state index contributed by atoms with van der Waals surface area (Å²) in [5, 5.41) is 9.53. The van der Waals surface area contributed by atoms with Crippen molar-refractivity contribution in [3.8, 4) is 0 Å². The highest BCUT2D eigenvalue weighted by Gasteiger charge is 2.08. The maximum absolute atomic E-state index is 10.7. The summed E-state index contributed by atoms with van der Waals surface area (Å²) in [6.07, 6.45) is 0.971. The molecular formula is C13H19Cl2NO2S. The van der Waals surface area contributed by atoms with E-state index in [-0.39, 0.29) is 19.0 Å². The van der Waals surface area contributed by atoms with E-state index in [2.05, 4.69) is 6.92 Å². The van der Waals surface area contributed by atoms with Gasteiger partial charge in [0.25, 0.3) is 0 Å². The van der Waals surface area contributed by atoms with Crippen molar-refractivity contribution < 1.29 is 9.90 Å². The normalized spacial score (nSPS) is 10.3. The van der Waals surface area contributed by atoms with Crippen molar-refractivity contribution in [2.45, 2.75) is 18.2 Å². The van der Waals surface area contributed by atoms with Crippen LogP contribution in [0.4, 0.5) is 0 Å². The van der Waals surface area contributed by atoms with E-state index in [1.807, 2.05) is 29.2 Å². The van der Waals surface area contributed by atoms with E-state index >= 15 is 0 Å². The number of carbonyl (C=O) groups is 1. The summed E-state index contributed by atoms with van der Waals surface area (Å²) >= 11 is 7.53. The summed E-state index contributed by atoms with van der Waals surface area (Å²) in [6, 6.07) is 7.69. The molecule has 3 nitrogen and oxygen atoms in total. The Hall–Kier alpha value is -0.420. The summed E-state index contributed by atoms with van der Waals surface area (Å²) in [5.74, 6) is 0.120. The molecule has 0 aliphatic heterocycles. The molecule has 1 aromatic carbocycles. The van der Waals surface area contributed by atoms with Crippen molar-refractivity contribution in [2.24, 2.45) is 0 Å². The highest BCUT2D eigenvalue weighted by molar-refractivity contribution is 7.99. The van der Waals surface area contributed by atoms with Crippen LogP contribution in [0.3, 0.4) is 0 Å². The van der Waals surface area contributed by atoms with Gasteiger partial charge in [0, 0.05) is 22.2 Å². The number of carboxylic acid groups (broad SMARTS) is 1. The largest absolute Gasteiger partial charge is 0.480 e. The van der Waals surface area contributed by atoms with Gasteiger partial charge in [-0.25, -0.2) is 0 Å². The second kappa shape index (κ2) is 10.4. The molecule has 0 amide bonds. The molecular weight excluding hydrogens is 305 g/mol. The molecule has 0 radical (unpaired) electrons. The Balaban J connectivity index is 0.00000324. The first kappa shape index (κ1) is 18.6. The summed E-state index contributed by atoms with van der Waals surface area (Å²) in [6.45, 7) is 3.79. The van der Waals surface area contributed by atoms with E-state index in [1.165, 1.54) is 0 Å². The van der Waals surface area contributed by atoms with Gasteiger partial charge in [-0.15, -0.1) is 24.2 Å². The molecule has 1 aromatic rings. The number of nitrogens with zero attached hydrogens (tertiary/aromatic N) is 1. The van der Waals surface area contributed by atoms with Gasteiger partial charge in [0.1, 0.15) is 0 Å². The van der Waals surface area contributed by atoms with Crippen molar-refractivity contribution in [3.05, 3.63) is 29.3 Å². The highest BCUT2D eigenvalue weighted by Crippen LogP contribution is 2.20. The lowest BCUT2D eigenvalue weighted by Crippen LogP contribution is -2.32. The van der Waals surface area contributed by atoms with E-state index in [0.29, 0.717) is 0 Å². The zero-order valence-corrected chi connectivity index (χ0v) is 13.2. The van der Waals surface area contributed by atoms with Gasteiger partial charge in [-0.1, -0.05) is 18.5 Å². The molecule has 6 heteroatoms. The average Bonchev–Trinajstić information content (AvgIpc) is 2.31. The molecule has 0 fully saturated rings. The molecule has 0 heterocycles. The first-order valence-corrected chi connectivity index (χ1v) is 7.30. The number of halogens is 2. The van der Waals surface area contributed by atoms with Gasteiger partial charge in [-0.3, -0.25) is 9.69 Å². The zero-order chi connectivity index (χ0) is 13.4. The van der Waals surface area contributed by atoms with Gasteiger partial charge in [-0.2, -0.15) is 0 Å². The minimum absolute atomic E-state index is 0. The predicted molar refractivity (Wildman–Crippen MR) is 83.8 cm³/mol. The van der Waals surface area contributed by atoms with Crippen molar-refractivity contribution in [1.82, 2.24) is 4.90 Å². The lowest BCUT2D eigenvalue weighted by Gasteiger charge is -2.18. The quantitative estimate of drug-likeness (QED) is 0.741. The van der Waals surface area contributed by atoms with Crippen molar-refractivity contribution in [2.75, 3.05) is 25.4 Å². The number of hydrogen-bond donors (Lipinski definition) is 1. The molecule has 1 rings (SSSR count). The molecule has 1 N–H and O–H groups in total. The van der Waals surface area contributed by atoms with E-state index in [1.54, 1.807) is 11.8 Å². The maximum atomic E-state index is 10.7. The second-order valence-electron chi connectivity index (χ2n) is 3.97. The van der Waals surface area contributed by atoms with Crippen LogP contribution in [-0.4, -0.2) is 41.4 Å². The standard InChI is InChI=1S/C13H18ClNO2S.ClH/c1-2-7-15(10-13(16)17)8-9-18-12-5-3-11(14)4-6-12;/h3-6H,2,7-10H2,1H3,(H,16,17);1H. The van der Waals surface area contributed by atoms with Crippen LogP contribution >= 0.6 is 35.8 Å². The van der Waals surface area contributed by atoms with E-state index in [9.17, 15) is 4.79 Å². The highest BCUT2D eigenvalue weighted by atomic mass is 35.5. The Bertz CT molecular complexity index is 373. The predicted octanol–water partition coefficient (Wildman–Crippen LogP) is 3.65. The number of rotatable bonds is 8. The van der Waals surface area contributed by atoms with Gasteiger partial charge in [-0.05, 0) is 37.2 Å². The number of benzene rings is 1. The number of carboxylic acids is 1. The summed E-state index contributed by atoms with van der Waals surface area (Å²) in [5.41, 5.74) is 0. The van der Waals surface area contributed by atoms with Gasteiger partial charge < -0.3 is 5.11 Å². The molecule has 0 aromatic heterocycles. The van der Waals surface area contributed by atoms with Gasteiger partial charge in [0.05, 0.1) is 6.54 Å². The maximum Gasteiger partial charge on any atom is 0.317 e. The Morgan fingerprint density at radius 3 is 2.47 bits per heavy atom. The lowest BCUT2D eigenvalue weighted by atomic mass is 10.4.